The molecule has 30 heavy (non-hydrogen) atoms. The van der Waals surface area contributed by atoms with Gasteiger partial charge in [0.25, 0.3) is 0 Å². The zero-order valence-electron chi connectivity index (χ0n) is 15.7. The van der Waals surface area contributed by atoms with Crippen LogP contribution in [0.2, 0.25) is 0 Å². The summed E-state index contributed by atoms with van der Waals surface area (Å²) in [6, 6.07) is 5.38. The summed E-state index contributed by atoms with van der Waals surface area (Å²) in [6.45, 7) is 0.237. The first-order valence-corrected chi connectivity index (χ1v) is 10.2. The first kappa shape index (κ1) is 20.2. The minimum Gasteiger partial charge on any atom is -0.444 e. The van der Waals surface area contributed by atoms with Gasteiger partial charge in [-0.05, 0) is 37.1 Å². The third-order valence-corrected chi connectivity index (χ3v) is 5.22. The summed E-state index contributed by atoms with van der Waals surface area (Å²) in [7, 11) is 0. The van der Waals surface area contributed by atoms with E-state index in [0.717, 1.165) is 24.3 Å². The highest BCUT2D eigenvalue weighted by Crippen LogP contribution is 2.32. The van der Waals surface area contributed by atoms with E-state index in [4.69, 9.17) is 9.88 Å². The summed E-state index contributed by atoms with van der Waals surface area (Å²) >= 11 is 1.22. The molecule has 2 aromatic heterocycles. The monoisotopic (exact) mass is 432 g/mol. The summed E-state index contributed by atoms with van der Waals surface area (Å²) in [6.07, 6.45) is 4.66. The first-order chi connectivity index (χ1) is 14.6. The molecule has 3 heterocycles. The van der Waals surface area contributed by atoms with Crippen LogP contribution in [0.15, 0.2) is 43.1 Å². The largest absolute Gasteiger partial charge is 0.444 e. The number of anilines is 1. The van der Waals surface area contributed by atoms with E-state index in [2.05, 4.69) is 15.1 Å². The Morgan fingerprint density at radius 3 is 2.70 bits per heavy atom. The van der Waals surface area contributed by atoms with Gasteiger partial charge in [-0.15, -0.1) is 0 Å². The van der Waals surface area contributed by atoms with Crippen LogP contribution in [0.1, 0.15) is 12.8 Å². The minimum absolute atomic E-state index is 0.113. The van der Waals surface area contributed by atoms with Gasteiger partial charge in [-0.3, -0.25) is 10.0 Å². The maximum atomic E-state index is 14.8. The number of rotatable bonds is 7. The van der Waals surface area contributed by atoms with Crippen LogP contribution in [0.5, 0.6) is 0 Å². The maximum absolute atomic E-state index is 14.8. The summed E-state index contributed by atoms with van der Waals surface area (Å²) in [5.41, 5.74) is 0.156. The molecule has 156 valence electrons. The van der Waals surface area contributed by atoms with Crippen molar-refractivity contribution in [1.82, 2.24) is 19.7 Å². The second kappa shape index (κ2) is 8.76. The average Bonchev–Trinajstić information content (AvgIpc) is 3.38. The number of nitrogens with two attached hydrogens (primary N) is 1. The lowest BCUT2D eigenvalue weighted by Gasteiger charge is -2.15. The Bertz CT molecular complexity index is 1010. The van der Waals surface area contributed by atoms with E-state index >= 15 is 0 Å². The molecule has 4 rings (SSSR count). The molecule has 1 aromatic carbocycles. The summed E-state index contributed by atoms with van der Waals surface area (Å²) in [5, 5.41) is 9.35. The number of benzene rings is 1. The number of hydrogen-bond donors (Lipinski definition) is 1. The highest BCUT2D eigenvalue weighted by molar-refractivity contribution is 7.97. The lowest BCUT2D eigenvalue weighted by Crippen LogP contribution is -2.25. The van der Waals surface area contributed by atoms with Crippen LogP contribution < -0.4 is 10.0 Å². The van der Waals surface area contributed by atoms with Crippen molar-refractivity contribution in [3.05, 3.63) is 54.8 Å². The molecule has 1 aliphatic heterocycles. The van der Waals surface area contributed by atoms with E-state index in [9.17, 15) is 13.6 Å². The molecular weight excluding hydrogens is 414 g/mol. The van der Waals surface area contributed by atoms with Crippen molar-refractivity contribution in [3.8, 4) is 16.9 Å². The van der Waals surface area contributed by atoms with E-state index in [1.165, 1.54) is 40.4 Å². The third kappa shape index (κ3) is 4.12. The van der Waals surface area contributed by atoms with Crippen LogP contribution in [0.25, 0.3) is 16.9 Å². The number of amides is 1. The quantitative estimate of drug-likeness (QED) is 0.452. The van der Waals surface area contributed by atoms with E-state index in [1.54, 1.807) is 12.1 Å². The van der Waals surface area contributed by atoms with Crippen LogP contribution in [-0.2, 0) is 4.74 Å². The number of carbonyl (C=O) groups excluding carboxylic acids is 1. The van der Waals surface area contributed by atoms with E-state index < -0.39 is 17.7 Å². The molecule has 0 unspecified atom stereocenters. The van der Waals surface area contributed by atoms with Crippen LogP contribution in [0.3, 0.4) is 0 Å². The van der Waals surface area contributed by atoms with Crippen LogP contribution >= 0.6 is 11.9 Å². The van der Waals surface area contributed by atoms with Gasteiger partial charge < -0.3 is 4.74 Å². The van der Waals surface area contributed by atoms with Gasteiger partial charge in [0.2, 0.25) is 0 Å². The van der Waals surface area contributed by atoms with Crippen molar-refractivity contribution >= 4 is 23.7 Å². The fourth-order valence-electron chi connectivity index (χ4n) is 3.26. The van der Waals surface area contributed by atoms with E-state index in [0.29, 0.717) is 12.2 Å². The Morgan fingerprint density at radius 2 is 2.07 bits per heavy atom. The summed E-state index contributed by atoms with van der Waals surface area (Å²) in [4.78, 5) is 21.4. The molecular formula is C19H18F2N6O2S. The van der Waals surface area contributed by atoms with Crippen molar-refractivity contribution in [3.63, 3.8) is 0 Å². The van der Waals surface area contributed by atoms with Crippen molar-refractivity contribution in [2.45, 2.75) is 18.9 Å². The van der Waals surface area contributed by atoms with Crippen molar-refractivity contribution in [1.29, 1.82) is 0 Å². The zero-order chi connectivity index (χ0) is 21.1. The summed E-state index contributed by atoms with van der Waals surface area (Å²) < 4.78 is 36.3. The van der Waals surface area contributed by atoms with Crippen LogP contribution in [0, 0.1) is 11.6 Å². The minimum atomic E-state index is -0.795. The second-order valence-corrected chi connectivity index (χ2v) is 7.40. The van der Waals surface area contributed by atoms with Crippen LogP contribution in [0.4, 0.5) is 19.3 Å². The smallest absolute Gasteiger partial charge is 0.414 e. The van der Waals surface area contributed by atoms with Gasteiger partial charge >= 0.3 is 6.09 Å². The van der Waals surface area contributed by atoms with E-state index in [1.807, 2.05) is 0 Å². The second-order valence-electron chi connectivity index (χ2n) is 6.66. The fourth-order valence-corrected chi connectivity index (χ4v) is 3.60. The normalized spacial score (nSPS) is 16.2. The maximum Gasteiger partial charge on any atom is 0.414 e. The molecule has 0 radical (unpaired) electrons. The number of hydrogen-bond acceptors (Lipinski definition) is 7. The molecule has 3 aromatic rings. The van der Waals surface area contributed by atoms with Crippen molar-refractivity contribution in [2.24, 2.45) is 5.14 Å². The Morgan fingerprint density at radius 1 is 1.27 bits per heavy atom. The van der Waals surface area contributed by atoms with Gasteiger partial charge in [-0.25, -0.2) is 28.2 Å². The topological polar surface area (TPSA) is 99.2 Å². The Hall–Kier alpha value is -3.05. The number of cyclic esters (lactones) is 1. The first-order valence-electron chi connectivity index (χ1n) is 9.17. The Balaban J connectivity index is 1.54. The average molecular weight is 432 g/mol. The van der Waals surface area contributed by atoms with E-state index in [-0.39, 0.29) is 29.5 Å². The molecule has 0 saturated carbocycles. The van der Waals surface area contributed by atoms with Gasteiger partial charge in [0.05, 0.1) is 17.8 Å². The number of aromatic nitrogens is 4. The van der Waals surface area contributed by atoms with Gasteiger partial charge in [0.1, 0.15) is 30.4 Å². The molecule has 1 atom stereocenters. The number of pyridine rings is 1. The van der Waals surface area contributed by atoms with Crippen LogP contribution in [-0.4, -0.2) is 44.2 Å². The van der Waals surface area contributed by atoms with Gasteiger partial charge in [-0.2, -0.15) is 5.10 Å². The third-order valence-electron chi connectivity index (χ3n) is 4.69. The molecule has 0 bridgehead atoms. The molecule has 1 fully saturated rings. The molecule has 0 aliphatic carbocycles. The highest BCUT2D eigenvalue weighted by atomic mass is 32.2. The Labute approximate surface area is 175 Å². The van der Waals surface area contributed by atoms with Gasteiger partial charge in [0, 0.05) is 17.5 Å². The zero-order valence-corrected chi connectivity index (χ0v) is 16.6. The SMILES string of the molecule is NSCCC[C@H]1CN(c2cc(F)c(-c3ccc(-n4cncn4)nc3)c(F)c2)C(=O)O1. The molecule has 2 N–H and O–H groups in total. The number of nitrogens with zero attached hydrogens (tertiary/aromatic N) is 5. The summed E-state index contributed by atoms with van der Waals surface area (Å²) in [5.74, 6) is -0.379. The number of ether oxygens (including phenoxy) is 1. The number of carbonyl (C=O) groups is 1. The van der Waals surface area contributed by atoms with Gasteiger partial charge in [0.15, 0.2) is 5.82 Å². The predicted octanol–water partition coefficient (Wildman–Crippen LogP) is 3.32. The molecule has 1 aliphatic rings. The fraction of sp³-hybridized carbons (Fsp3) is 0.263. The molecule has 1 saturated heterocycles. The lowest BCUT2D eigenvalue weighted by atomic mass is 10.1. The standard InChI is InChI=1S/C19H18F2N6O2S/c20-15-6-13(26-9-14(29-19(26)28)2-1-5-30-22)7-16(21)18(15)12-3-4-17(24-8-12)27-11-23-10-25-27/h3-4,6-8,10-11,14H,1-2,5,9,22H2/t14-/m0/s1. The molecule has 8 nitrogen and oxygen atoms in total. The highest BCUT2D eigenvalue weighted by Gasteiger charge is 2.33. The van der Waals surface area contributed by atoms with Crippen molar-refractivity contribution < 1.29 is 18.3 Å². The van der Waals surface area contributed by atoms with Crippen molar-refractivity contribution in [2.75, 3.05) is 17.2 Å². The predicted molar refractivity (Wildman–Crippen MR) is 108 cm³/mol. The molecule has 11 heteroatoms. The number of halogens is 2. The molecule has 1 amide bonds. The lowest BCUT2D eigenvalue weighted by molar-refractivity contribution is 0.136. The molecule has 0 spiro atoms. The Kier molecular flexibility index (Phi) is 5.91. The van der Waals surface area contributed by atoms with Gasteiger partial charge in [-0.1, -0.05) is 11.9 Å².